The van der Waals surface area contributed by atoms with Crippen LogP contribution in [0.2, 0.25) is 0 Å². The molecule has 4 rings (SSSR count). The van der Waals surface area contributed by atoms with E-state index in [1.54, 1.807) is 11.8 Å². The summed E-state index contributed by atoms with van der Waals surface area (Å²) in [5.74, 6) is -0.375. The van der Waals surface area contributed by atoms with E-state index in [0.717, 1.165) is 11.2 Å². The molecule has 0 aliphatic heterocycles. The van der Waals surface area contributed by atoms with Gasteiger partial charge in [0.15, 0.2) is 0 Å². The molecular formula is C35H43NO2S. The summed E-state index contributed by atoms with van der Waals surface area (Å²) in [6, 6.07) is 22.2. The first-order valence-electron chi connectivity index (χ1n) is 13.9. The fraction of sp³-hybridized carbons (Fsp3) is 0.400. The zero-order valence-corrected chi connectivity index (χ0v) is 25.8. The van der Waals surface area contributed by atoms with Gasteiger partial charge in [0.25, 0.3) is 0 Å². The van der Waals surface area contributed by atoms with Crippen molar-refractivity contribution in [2.45, 2.75) is 96.4 Å². The van der Waals surface area contributed by atoms with Gasteiger partial charge in [-0.1, -0.05) is 88.8 Å². The van der Waals surface area contributed by atoms with Crippen LogP contribution in [-0.4, -0.2) is 15.6 Å². The monoisotopic (exact) mass is 541 g/mol. The lowest BCUT2D eigenvalue weighted by molar-refractivity contribution is -0.146. The van der Waals surface area contributed by atoms with Crippen molar-refractivity contribution in [1.82, 2.24) is 4.57 Å². The van der Waals surface area contributed by atoms with Crippen LogP contribution in [0.4, 0.5) is 0 Å². The summed E-state index contributed by atoms with van der Waals surface area (Å²) in [7, 11) is 0. The van der Waals surface area contributed by atoms with Crippen molar-refractivity contribution in [3.63, 3.8) is 0 Å². The molecule has 0 saturated heterocycles. The standard InChI is InChI=1S/C35H43NO2S/c1-22(2)26-14-17-29-28(19-26)32(39-31-18-23(3)10-11-24(31)4)30(20-35(8,9)33(37)38)36(29)21-25-12-15-27(16-13-25)34(5,6)7/h10-19,22H,20-21H2,1-9H3,(H,37,38). The van der Waals surface area contributed by atoms with Gasteiger partial charge in [0.1, 0.15) is 0 Å². The van der Waals surface area contributed by atoms with E-state index in [-0.39, 0.29) is 5.41 Å². The van der Waals surface area contributed by atoms with E-state index in [1.165, 1.54) is 43.0 Å². The summed E-state index contributed by atoms with van der Waals surface area (Å²) < 4.78 is 2.36. The quantitative estimate of drug-likeness (QED) is 0.241. The van der Waals surface area contributed by atoms with E-state index in [0.29, 0.717) is 18.9 Å². The molecule has 0 atom stereocenters. The van der Waals surface area contributed by atoms with Crippen LogP contribution in [0, 0.1) is 19.3 Å². The highest BCUT2D eigenvalue weighted by Gasteiger charge is 2.32. The van der Waals surface area contributed by atoms with Crippen molar-refractivity contribution in [2.75, 3.05) is 0 Å². The Morgan fingerprint density at radius 2 is 1.59 bits per heavy atom. The average molecular weight is 542 g/mol. The normalized spacial score (nSPS) is 12.5. The predicted molar refractivity (Wildman–Crippen MR) is 165 cm³/mol. The lowest BCUT2D eigenvalue weighted by atomic mass is 9.86. The first kappa shape index (κ1) is 29.0. The molecule has 3 aromatic carbocycles. The molecule has 0 radical (unpaired) electrons. The zero-order chi connectivity index (χ0) is 28.7. The maximum atomic E-state index is 12.3. The Bertz CT molecular complexity index is 1500. The number of carbonyl (C=O) groups is 1. The van der Waals surface area contributed by atoms with Gasteiger partial charge < -0.3 is 9.67 Å². The Kier molecular flexibility index (Phi) is 8.10. The van der Waals surface area contributed by atoms with Gasteiger partial charge in [-0.3, -0.25) is 4.79 Å². The van der Waals surface area contributed by atoms with Gasteiger partial charge in [0.2, 0.25) is 0 Å². The summed E-state index contributed by atoms with van der Waals surface area (Å²) in [5, 5.41) is 11.3. The molecule has 3 nitrogen and oxygen atoms in total. The first-order chi connectivity index (χ1) is 18.2. The smallest absolute Gasteiger partial charge is 0.309 e. The SMILES string of the molecule is Cc1ccc(C)c(Sc2c(CC(C)(C)C(=O)O)n(Cc3ccc(C(C)(C)C)cc3)c3ccc(C(C)C)cc23)c1. The maximum Gasteiger partial charge on any atom is 0.309 e. The van der Waals surface area contributed by atoms with Gasteiger partial charge in [-0.2, -0.15) is 0 Å². The van der Waals surface area contributed by atoms with Gasteiger partial charge in [-0.05, 0) is 85.0 Å². The van der Waals surface area contributed by atoms with Crippen LogP contribution in [0.25, 0.3) is 10.9 Å². The molecule has 0 spiro atoms. The maximum absolute atomic E-state index is 12.3. The van der Waals surface area contributed by atoms with E-state index >= 15 is 0 Å². The zero-order valence-electron chi connectivity index (χ0n) is 25.0. The molecule has 0 fully saturated rings. The van der Waals surface area contributed by atoms with Gasteiger partial charge in [0.05, 0.1) is 5.41 Å². The molecule has 4 heteroatoms. The topological polar surface area (TPSA) is 42.2 Å². The molecule has 0 bridgehead atoms. The third kappa shape index (κ3) is 6.27. The van der Waals surface area contributed by atoms with Gasteiger partial charge in [-0.25, -0.2) is 0 Å². The number of fused-ring (bicyclic) bond motifs is 1. The molecular weight excluding hydrogens is 498 g/mol. The molecule has 206 valence electrons. The van der Waals surface area contributed by atoms with Crippen molar-refractivity contribution in [3.05, 3.63) is 94.2 Å². The van der Waals surface area contributed by atoms with E-state index in [9.17, 15) is 9.90 Å². The molecule has 0 unspecified atom stereocenters. The van der Waals surface area contributed by atoms with E-state index in [1.807, 2.05) is 13.8 Å². The summed E-state index contributed by atoms with van der Waals surface area (Å²) in [5.41, 5.74) is 7.70. The second kappa shape index (κ2) is 10.9. The van der Waals surface area contributed by atoms with Crippen LogP contribution in [-0.2, 0) is 23.2 Å². The predicted octanol–water partition coefficient (Wildman–Crippen LogP) is 9.53. The van der Waals surface area contributed by atoms with Crippen LogP contribution in [0.1, 0.15) is 87.9 Å². The lowest BCUT2D eigenvalue weighted by Crippen LogP contribution is -2.27. The molecule has 1 heterocycles. The fourth-order valence-electron chi connectivity index (χ4n) is 4.94. The van der Waals surface area contributed by atoms with Crippen molar-refractivity contribution in [3.8, 4) is 0 Å². The van der Waals surface area contributed by atoms with Crippen molar-refractivity contribution in [2.24, 2.45) is 5.41 Å². The lowest BCUT2D eigenvalue weighted by Gasteiger charge is -2.23. The molecule has 39 heavy (non-hydrogen) atoms. The molecule has 0 amide bonds. The fourth-order valence-corrected chi connectivity index (χ4v) is 6.21. The minimum atomic E-state index is -0.903. The highest BCUT2D eigenvalue weighted by Crippen LogP contribution is 2.43. The Labute approximate surface area is 238 Å². The number of carboxylic acid groups (broad SMARTS) is 1. The van der Waals surface area contributed by atoms with Crippen molar-refractivity contribution in [1.29, 1.82) is 0 Å². The van der Waals surface area contributed by atoms with Gasteiger partial charge in [0, 0.05) is 39.4 Å². The molecule has 0 aliphatic carbocycles. The molecule has 1 N–H and O–H groups in total. The van der Waals surface area contributed by atoms with E-state index in [2.05, 4.69) is 114 Å². The summed E-state index contributed by atoms with van der Waals surface area (Å²) in [4.78, 5) is 14.7. The Hall–Kier alpha value is -2.98. The van der Waals surface area contributed by atoms with Crippen LogP contribution in [0.5, 0.6) is 0 Å². The highest BCUT2D eigenvalue weighted by atomic mass is 32.2. The minimum absolute atomic E-state index is 0.0953. The van der Waals surface area contributed by atoms with Gasteiger partial charge in [-0.15, -0.1) is 0 Å². The highest BCUT2D eigenvalue weighted by molar-refractivity contribution is 7.99. The number of benzene rings is 3. The number of carboxylic acids is 1. The third-order valence-corrected chi connectivity index (χ3v) is 9.03. The average Bonchev–Trinajstić information content (AvgIpc) is 3.12. The number of aromatic nitrogens is 1. The number of rotatable bonds is 8. The second-order valence-electron chi connectivity index (χ2n) is 13.0. The largest absolute Gasteiger partial charge is 0.481 e. The summed E-state index contributed by atoms with van der Waals surface area (Å²) >= 11 is 1.78. The third-order valence-electron chi connectivity index (χ3n) is 7.72. The number of nitrogens with zero attached hydrogens (tertiary/aromatic N) is 1. The van der Waals surface area contributed by atoms with Crippen LogP contribution < -0.4 is 0 Å². The van der Waals surface area contributed by atoms with Crippen LogP contribution in [0.3, 0.4) is 0 Å². The van der Waals surface area contributed by atoms with E-state index in [4.69, 9.17) is 0 Å². The summed E-state index contributed by atoms with van der Waals surface area (Å²) in [6.07, 6.45) is 0.446. The summed E-state index contributed by atoms with van der Waals surface area (Å²) in [6.45, 7) is 19.8. The van der Waals surface area contributed by atoms with Gasteiger partial charge >= 0.3 is 5.97 Å². The number of aryl methyl sites for hydroxylation is 2. The minimum Gasteiger partial charge on any atom is -0.481 e. The first-order valence-corrected chi connectivity index (χ1v) is 14.7. The second-order valence-corrected chi connectivity index (χ2v) is 14.0. The van der Waals surface area contributed by atoms with E-state index < -0.39 is 11.4 Å². The number of hydrogen-bond acceptors (Lipinski definition) is 2. The molecule has 0 saturated carbocycles. The molecule has 4 aromatic rings. The van der Waals surface area contributed by atoms with Crippen LogP contribution in [0.15, 0.2) is 70.5 Å². The number of aliphatic carboxylic acids is 1. The molecule has 1 aromatic heterocycles. The Balaban J connectivity index is 1.96. The van der Waals surface area contributed by atoms with Crippen LogP contribution >= 0.6 is 11.8 Å². The Morgan fingerprint density at radius 1 is 0.923 bits per heavy atom. The Morgan fingerprint density at radius 3 is 2.18 bits per heavy atom. The van der Waals surface area contributed by atoms with Crippen molar-refractivity contribution >= 4 is 28.6 Å². The molecule has 0 aliphatic rings. The number of hydrogen-bond donors (Lipinski definition) is 1. The van der Waals surface area contributed by atoms with Crippen molar-refractivity contribution < 1.29 is 9.90 Å².